The first-order chi connectivity index (χ1) is 16.5. The quantitative estimate of drug-likeness (QED) is 0.465. The Hall–Kier alpha value is -3.44. The number of rotatable bonds is 3. The molecular weight excluding hydrogens is 458 g/mol. The molecule has 2 saturated heterocycles. The van der Waals surface area contributed by atoms with Crippen molar-refractivity contribution < 1.29 is 4.74 Å². The number of hydrogen-bond donors (Lipinski definition) is 1. The van der Waals surface area contributed by atoms with Gasteiger partial charge >= 0.3 is 0 Å². The molecular formula is C22H24ClN9O2. The molecule has 12 heteroatoms. The highest BCUT2D eigenvalue weighted by Crippen LogP contribution is 2.37. The van der Waals surface area contributed by atoms with Crippen molar-refractivity contribution in [2.45, 2.75) is 18.9 Å². The number of morpholine rings is 1. The highest BCUT2D eigenvalue weighted by atomic mass is 35.5. The number of ether oxygens (including phenoxy) is 1. The highest BCUT2D eigenvalue weighted by Gasteiger charge is 2.35. The van der Waals surface area contributed by atoms with E-state index in [1.54, 1.807) is 17.1 Å². The van der Waals surface area contributed by atoms with Crippen LogP contribution < -0.4 is 21.2 Å². The topological polar surface area (TPSA) is 120 Å². The molecule has 2 N–H and O–H groups in total. The van der Waals surface area contributed by atoms with E-state index in [2.05, 4.69) is 19.9 Å². The molecule has 1 aromatic carbocycles. The predicted molar refractivity (Wildman–Crippen MR) is 130 cm³/mol. The number of aromatic nitrogens is 6. The second-order valence-corrected chi connectivity index (χ2v) is 8.98. The molecule has 0 spiro atoms. The Morgan fingerprint density at radius 1 is 1.15 bits per heavy atom. The van der Waals surface area contributed by atoms with E-state index in [9.17, 15) is 4.79 Å². The third-order valence-electron chi connectivity index (χ3n) is 6.50. The molecule has 4 aromatic rings. The molecule has 2 aliphatic heterocycles. The predicted octanol–water partition coefficient (Wildman–Crippen LogP) is 1.62. The van der Waals surface area contributed by atoms with Gasteiger partial charge in [-0.15, -0.1) is 0 Å². The van der Waals surface area contributed by atoms with Gasteiger partial charge in [-0.1, -0.05) is 17.7 Å². The van der Waals surface area contributed by atoms with E-state index >= 15 is 0 Å². The van der Waals surface area contributed by atoms with Crippen LogP contribution in [0.15, 0.2) is 29.3 Å². The maximum absolute atomic E-state index is 13.8. The van der Waals surface area contributed by atoms with Crippen molar-refractivity contribution in [3.63, 3.8) is 0 Å². The Balaban J connectivity index is 1.56. The fourth-order valence-corrected chi connectivity index (χ4v) is 5.19. The number of benzene rings is 1. The fraction of sp³-hybridized carbons (Fsp3) is 0.409. The van der Waals surface area contributed by atoms with Crippen LogP contribution in [0.25, 0.3) is 22.1 Å². The highest BCUT2D eigenvalue weighted by molar-refractivity contribution is 6.35. The molecule has 0 amide bonds. The molecule has 0 aliphatic carbocycles. The Morgan fingerprint density at radius 2 is 1.97 bits per heavy atom. The zero-order chi connectivity index (χ0) is 23.4. The zero-order valence-corrected chi connectivity index (χ0v) is 19.4. The van der Waals surface area contributed by atoms with Crippen molar-refractivity contribution in [3.8, 4) is 0 Å². The molecule has 2 aliphatic rings. The first-order valence-electron chi connectivity index (χ1n) is 11.3. The molecule has 0 saturated carbocycles. The van der Waals surface area contributed by atoms with Gasteiger partial charge in [0.05, 0.1) is 54.6 Å². The SMILES string of the molecule is Cn1cnc2c(N3CCC[C@H]3c3nc4cccc(Cl)c4c(=O)n3N3CCOCC3)nc(N)nc21. The maximum Gasteiger partial charge on any atom is 0.281 e. The third kappa shape index (κ3) is 3.26. The number of halogens is 1. The van der Waals surface area contributed by atoms with Gasteiger partial charge in [-0.3, -0.25) is 4.79 Å². The van der Waals surface area contributed by atoms with Crippen molar-refractivity contribution in [3.05, 3.63) is 45.7 Å². The van der Waals surface area contributed by atoms with E-state index in [-0.39, 0.29) is 17.5 Å². The Bertz CT molecular complexity index is 1460. The Kier molecular flexibility index (Phi) is 5.03. The van der Waals surface area contributed by atoms with Crippen LogP contribution in [0.5, 0.6) is 0 Å². The number of hydrogen-bond acceptors (Lipinski definition) is 9. The monoisotopic (exact) mass is 481 g/mol. The number of anilines is 2. The first kappa shape index (κ1) is 21.1. The van der Waals surface area contributed by atoms with Crippen LogP contribution in [0.2, 0.25) is 5.02 Å². The minimum Gasteiger partial charge on any atom is -0.378 e. The summed E-state index contributed by atoms with van der Waals surface area (Å²) in [6.45, 7) is 2.99. The number of nitrogens with zero attached hydrogens (tertiary/aromatic N) is 8. The van der Waals surface area contributed by atoms with Gasteiger partial charge in [-0.05, 0) is 25.0 Å². The van der Waals surface area contributed by atoms with E-state index < -0.39 is 0 Å². The normalized spacial score (nSPS) is 18.9. The lowest BCUT2D eigenvalue weighted by molar-refractivity contribution is 0.110. The van der Waals surface area contributed by atoms with Crippen LogP contribution in [-0.2, 0) is 11.8 Å². The Labute approximate surface area is 199 Å². The Morgan fingerprint density at radius 3 is 2.79 bits per heavy atom. The molecule has 0 unspecified atom stereocenters. The first-order valence-corrected chi connectivity index (χ1v) is 11.7. The summed E-state index contributed by atoms with van der Waals surface area (Å²) in [6.07, 6.45) is 3.42. The molecule has 34 heavy (non-hydrogen) atoms. The lowest BCUT2D eigenvalue weighted by Crippen LogP contribution is -2.51. The molecule has 6 rings (SSSR count). The summed E-state index contributed by atoms with van der Waals surface area (Å²) in [5.74, 6) is 1.49. The molecule has 176 valence electrons. The standard InChI is InChI=1S/C22H24ClN9O2/c1-29-12-25-17-19(29)27-22(24)28-20(17)31-7-3-6-15(31)18-26-14-5-2-4-13(23)16(14)21(33)32(18)30-8-10-34-11-9-30/h2,4-5,12,15H,3,6-11H2,1H3,(H2,24,27,28)/t15-/m0/s1. The molecule has 5 heterocycles. The minimum atomic E-state index is -0.196. The van der Waals surface area contributed by atoms with E-state index in [0.717, 1.165) is 19.4 Å². The lowest BCUT2D eigenvalue weighted by Gasteiger charge is -2.35. The van der Waals surface area contributed by atoms with Gasteiger partial charge in [-0.25, -0.2) is 14.6 Å². The molecule has 0 radical (unpaired) electrons. The number of nitrogens with two attached hydrogens (primary N) is 1. The molecule has 0 bridgehead atoms. The summed E-state index contributed by atoms with van der Waals surface area (Å²) in [5, 5.41) is 2.81. The smallest absolute Gasteiger partial charge is 0.281 e. The average molecular weight is 482 g/mol. The summed E-state index contributed by atoms with van der Waals surface area (Å²) >= 11 is 6.45. The second-order valence-electron chi connectivity index (χ2n) is 8.57. The molecule has 11 nitrogen and oxygen atoms in total. The third-order valence-corrected chi connectivity index (χ3v) is 6.82. The van der Waals surface area contributed by atoms with Crippen molar-refractivity contribution >= 4 is 45.4 Å². The lowest BCUT2D eigenvalue weighted by atomic mass is 10.1. The van der Waals surface area contributed by atoms with Gasteiger partial charge in [0, 0.05) is 13.6 Å². The van der Waals surface area contributed by atoms with Crippen LogP contribution in [0.3, 0.4) is 0 Å². The van der Waals surface area contributed by atoms with Crippen LogP contribution >= 0.6 is 11.6 Å². The summed E-state index contributed by atoms with van der Waals surface area (Å²) in [4.78, 5) is 34.4. The van der Waals surface area contributed by atoms with Crippen LogP contribution in [0, 0.1) is 0 Å². The summed E-state index contributed by atoms with van der Waals surface area (Å²) in [7, 11) is 1.87. The minimum absolute atomic E-state index is 0.176. The van der Waals surface area contributed by atoms with Gasteiger partial charge in [-0.2, -0.15) is 9.97 Å². The maximum atomic E-state index is 13.8. The molecule has 1 atom stereocenters. The van der Waals surface area contributed by atoms with E-state index in [1.807, 2.05) is 28.8 Å². The number of fused-ring (bicyclic) bond motifs is 2. The van der Waals surface area contributed by atoms with Crippen LogP contribution in [0.1, 0.15) is 24.7 Å². The van der Waals surface area contributed by atoms with E-state index in [0.29, 0.717) is 65.0 Å². The molecule has 2 fully saturated rings. The average Bonchev–Trinajstić information content (AvgIpc) is 3.46. The van der Waals surface area contributed by atoms with Crippen molar-refractivity contribution in [1.29, 1.82) is 0 Å². The summed E-state index contributed by atoms with van der Waals surface area (Å²) < 4.78 is 9.05. The van der Waals surface area contributed by atoms with E-state index in [1.165, 1.54) is 0 Å². The number of nitrogen functional groups attached to an aromatic ring is 1. The van der Waals surface area contributed by atoms with Gasteiger partial charge in [0.1, 0.15) is 0 Å². The van der Waals surface area contributed by atoms with Gasteiger partial charge in [0.2, 0.25) is 5.95 Å². The van der Waals surface area contributed by atoms with Crippen molar-refractivity contribution in [1.82, 2.24) is 29.2 Å². The second kappa shape index (κ2) is 8.10. The van der Waals surface area contributed by atoms with Gasteiger partial charge in [0.15, 0.2) is 22.8 Å². The van der Waals surface area contributed by atoms with Crippen molar-refractivity contribution in [2.24, 2.45) is 7.05 Å². The fourth-order valence-electron chi connectivity index (χ4n) is 4.94. The van der Waals surface area contributed by atoms with Crippen molar-refractivity contribution in [2.75, 3.05) is 48.5 Å². The van der Waals surface area contributed by atoms with Gasteiger partial charge < -0.3 is 24.9 Å². The van der Waals surface area contributed by atoms with Gasteiger partial charge in [0.25, 0.3) is 5.56 Å². The summed E-state index contributed by atoms with van der Waals surface area (Å²) in [5.41, 5.74) is 7.81. The molecule has 3 aromatic heterocycles. The number of imidazole rings is 1. The largest absolute Gasteiger partial charge is 0.378 e. The zero-order valence-electron chi connectivity index (χ0n) is 18.7. The van der Waals surface area contributed by atoms with Crippen LogP contribution in [0.4, 0.5) is 11.8 Å². The van der Waals surface area contributed by atoms with E-state index in [4.69, 9.17) is 27.1 Å². The van der Waals surface area contributed by atoms with Crippen LogP contribution in [-0.4, -0.2) is 62.0 Å². The number of aryl methyl sites for hydroxylation is 1. The summed E-state index contributed by atoms with van der Waals surface area (Å²) in [6, 6.07) is 5.17.